The van der Waals surface area contributed by atoms with Gasteiger partial charge < -0.3 is 19.5 Å². The van der Waals surface area contributed by atoms with Crippen LogP contribution in [0.1, 0.15) is 17.0 Å². The van der Waals surface area contributed by atoms with Crippen molar-refractivity contribution in [3.8, 4) is 5.75 Å². The summed E-state index contributed by atoms with van der Waals surface area (Å²) in [5.74, 6) is 0.156. The molecule has 2 aromatic rings. The molecule has 0 spiro atoms. The third kappa shape index (κ3) is 4.43. The first-order valence-corrected chi connectivity index (χ1v) is 7.36. The molecular formula is C15H16F2N4O5. The van der Waals surface area contributed by atoms with Crippen molar-refractivity contribution in [1.82, 2.24) is 10.1 Å². The molecule has 2 rings (SSSR count). The number of anilines is 1. The van der Waals surface area contributed by atoms with Crippen molar-refractivity contribution in [2.24, 2.45) is 0 Å². The molecule has 2 amide bonds. The van der Waals surface area contributed by atoms with E-state index in [9.17, 15) is 23.7 Å². The molecule has 0 aliphatic heterocycles. The zero-order valence-corrected chi connectivity index (χ0v) is 14.2. The number of carbonyl (C=O) groups excluding carboxylic acids is 1. The van der Waals surface area contributed by atoms with E-state index in [1.807, 2.05) is 0 Å². The van der Waals surface area contributed by atoms with E-state index < -0.39 is 17.6 Å². The van der Waals surface area contributed by atoms with Gasteiger partial charge in [-0.25, -0.2) is 4.79 Å². The number of rotatable bonds is 6. The highest BCUT2D eigenvalue weighted by molar-refractivity contribution is 5.91. The lowest BCUT2D eigenvalue weighted by Crippen LogP contribution is -2.31. The molecule has 0 saturated heterocycles. The molecule has 26 heavy (non-hydrogen) atoms. The first-order valence-electron chi connectivity index (χ1n) is 7.36. The number of amides is 2. The fourth-order valence-electron chi connectivity index (χ4n) is 2.18. The fourth-order valence-corrected chi connectivity index (χ4v) is 2.18. The van der Waals surface area contributed by atoms with Crippen molar-refractivity contribution >= 4 is 17.4 Å². The van der Waals surface area contributed by atoms with E-state index in [4.69, 9.17) is 4.52 Å². The zero-order valence-electron chi connectivity index (χ0n) is 14.2. The van der Waals surface area contributed by atoms with Crippen LogP contribution in [0.3, 0.4) is 0 Å². The summed E-state index contributed by atoms with van der Waals surface area (Å²) >= 11 is 0. The Morgan fingerprint density at radius 2 is 2.15 bits per heavy atom. The normalized spacial score (nSPS) is 10.7. The van der Waals surface area contributed by atoms with Crippen LogP contribution >= 0.6 is 0 Å². The highest BCUT2D eigenvalue weighted by Crippen LogP contribution is 2.30. The maximum atomic E-state index is 12.5. The highest BCUT2D eigenvalue weighted by Gasteiger charge is 2.20. The van der Waals surface area contributed by atoms with Gasteiger partial charge in [-0.1, -0.05) is 5.16 Å². The fraction of sp³-hybridized carbons (Fsp3) is 0.333. The van der Waals surface area contributed by atoms with E-state index in [-0.39, 0.29) is 23.7 Å². The number of nitro benzene ring substituents is 1. The molecule has 1 aromatic carbocycles. The van der Waals surface area contributed by atoms with Crippen LogP contribution in [-0.2, 0) is 6.54 Å². The van der Waals surface area contributed by atoms with Gasteiger partial charge in [0.2, 0.25) is 0 Å². The van der Waals surface area contributed by atoms with Crippen LogP contribution < -0.4 is 10.1 Å². The van der Waals surface area contributed by atoms with Gasteiger partial charge in [-0.05, 0) is 19.9 Å². The van der Waals surface area contributed by atoms with Crippen molar-refractivity contribution in [2.45, 2.75) is 27.0 Å². The topological polar surface area (TPSA) is 111 Å². The van der Waals surface area contributed by atoms with Crippen LogP contribution in [0.2, 0.25) is 0 Å². The van der Waals surface area contributed by atoms with Gasteiger partial charge in [0.25, 0.3) is 5.69 Å². The summed E-state index contributed by atoms with van der Waals surface area (Å²) in [6, 6.07) is 2.26. The molecule has 1 aromatic heterocycles. The Hall–Kier alpha value is -3.24. The van der Waals surface area contributed by atoms with E-state index in [1.54, 1.807) is 13.8 Å². The van der Waals surface area contributed by atoms with Gasteiger partial charge in [0.15, 0.2) is 0 Å². The Morgan fingerprint density at radius 3 is 2.69 bits per heavy atom. The van der Waals surface area contributed by atoms with E-state index in [2.05, 4.69) is 15.2 Å². The minimum absolute atomic E-state index is 0.146. The second kappa shape index (κ2) is 7.76. The molecule has 0 aliphatic rings. The lowest BCUT2D eigenvalue weighted by Gasteiger charge is -2.19. The molecule has 0 radical (unpaired) electrons. The van der Waals surface area contributed by atoms with Gasteiger partial charge in [-0.3, -0.25) is 10.1 Å². The average molecular weight is 370 g/mol. The molecule has 11 heteroatoms. The molecule has 0 saturated carbocycles. The number of ether oxygens (including phenoxy) is 1. The van der Waals surface area contributed by atoms with Gasteiger partial charge in [-0.15, -0.1) is 0 Å². The SMILES string of the molecule is Cc1noc(C)c1CN(C)C(=O)Nc1cc([N+](=O)[O-])ccc1OC(F)F. The summed E-state index contributed by atoms with van der Waals surface area (Å²) in [5, 5.41) is 17.0. The van der Waals surface area contributed by atoms with Crippen LogP contribution in [0.25, 0.3) is 0 Å². The summed E-state index contributed by atoms with van der Waals surface area (Å²) in [6.07, 6.45) is 0. The Bertz CT molecular complexity index is 805. The summed E-state index contributed by atoms with van der Waals surface area (Å²) in [5.41, 5.74) is 0.690. The molecule has 1 N–H and O–H groups in total. The predicted molar refractivity (Wildman–Crippen MR) is 86.2 cm³/mol. The van der Waals surface area contributed by atoms with Crippen molar-refractivity contribution in [3.05, 3.63) is 45.3 Å². The standard InChI is InChI=1S/C15H16F2N4O5/c1-8-11(9(2)26-19-8)7-20(3)15(22)18-12-6-10(21(23)24)4-5-13(12)25-14(16)17/h4-6,14H,7H2,1-3H3,(H,18,22). The number of nitrogens with zero attached hydrogens (tertiary/aromatic N) is 3. The largest absolute Gasteiger partial charge is 0.433 e. The van der Waals surface area contributed by atoms with Crippen LogP contribution in [0.5, 0.6) is 5.75 Å². The summed E-state index contributed by atoms with van der Waals surface area (Å²) in [6.45, 7) is 0.405. The third-order valence-electron chi connectivity index (χ3n) is 3.55. The van der Waals surface area contributed by atoms with Gasteiger partial charge in [-0.2, -0.15) is 8.78 Å². The quantitative estimate of drug-likeness (QED) is 0.616. The predicted octanol–water partition coefficient (Wildman–Crippen LogP) is 3.46. The monoisotopic (exact) mass is 370 g/mol. The molecule has 0 atom stereocenters. The van der Waals surface area contributed by atoms with E-state index in [0.29, 0.717) is 17.0 Å². The molecule has 9 nitrogen and oxygen atoms in total. The first kappa shape index (κ1) is 19.1. The summed E-state index contributed by atoms with van der Waals surface area (Å²) in [4.78, 5) is 23.7. The van der Waals surface area contributed by atoms with Crippen LogP contribution in [0, 0.1) is 24.0 Å². The molecule has 0 bridgehead atoms. The highest BCUT2D eigenvalue weighted by atomic mass is 19.3. The molecule has 140 valence electrons. The zero-order chi connectivity index (χ0) is 19.4. The van der Waals surface area contributed by atoms with Gasteiger partial charge in [0.05, 0.1) is 22.8 Å². The number of benzene rings is 1. The Labute approximate surface area is 146 Å². The van der Waals surface area contributed by atoms with Crippen LogP contribution in [0.4, 0.5) is 25.0 Å². The second-order valence-electron chi connectivity index (χ2n) is 5.41. The van der Waals surface area contributed by atoms with E-state index in [0.717, 1.165) is 18.2 Å². The summed E-state index contributed by atoms with van der Waals surface area (Å²) in [7, 11) is 1.46. The number of halogens is 2. The minimum Gasteiger partial charge on any atom is -0.433 e. The van der Waals surface area contributed by atoms with Gasteiger partial charge in [0, 0.05) is 24.7 Å². The number of hydrogen-bond acceptors (Lipinski definition) is 6. The Balaban J connectivity index is 2.20. The van der Waals surface area contributed by atoms with Gasteiger partial charge in [0.1, 0.15) is 11.5 Å². The lowest BCUT2D eigenvalue weighted by molar-refractivity contribution is -0.384. The van der Waals surface area contributed by atoms with Crippen molar-refractivity contribution in [2.75, 3.05) is 12.4 Å². The number of nitrogens with one attached hydrogen (secondary N) is 1. The molecule has 0 fully saturated rings. The van der Waals surface area contributed by atoms with Gasteiger partial charge >= 0.3 is 12.6 Å². The van der Waals surface area contributed by atoms with Crippen molar-refractivity contribution < 1.29 is 27.8 Å². The number of alkyl halides is 2. The molecule has 0 aliphatic carbocycles. The number of non-ortho nitro benzene ring substituents is 1. The first-order chi connectivity index (χ1) is 12.2. The van der Waals surface area contributed by atoms with Crippen molar-refractivity contribution in [1.29, 1.82) is 0 Å². The maximum Gasteiger partial charge on any atom is 0.387 e. The Morgan fingerprint density at radius 1 is 1.46 bits per heavy atom. The Kier molecular flexibility index (Phi) is 5.70. The van der Waals surface area contributed by atoms with E-state index in [1.165, 1.54) is 11.9 Å². The smallest absolute Gasteiger partial charge is 0.387 e. The molecule has 0 unspecified atom stereocenters. The number of aromatic nitrogens is 1. The van der Waals surface area contributed by atoms with Crippen molar-refractivity contribution in [3.63, 3.8) is 0 Å². The molecular weight excluding hydrogens is 354 g/mol. The van der Waals surface area contributed by atoms with Crippen LogP contribution in [0.15, 0.2) is 22.7 Å². The van der Waals surface area contributed by atoms with Crippen LogP contribution in [-0.4, -0.2) is 34.7 Å². The number of nitro groups is 1. The molecule has 1 heterocycles. The average Bonchev–Trinajstić information content (AvgIpc) is 2.87. The van der Waals surface area contributed by atoms with E-state index >= 15 is 0 Å². The number of carbonyl (C=O) groups is 1. The third-order valence-corrected chi connectivity index (χ3v) is 3.55. The number of aryl methyl sites for hydroxylation is 2. The second-order valence-corrected chi connectivity index (χ2v) is 5.41. The number of urea groups is 1. The summed E-state index contributed by atoms with van der Waals surface area (Å²) < 4.78 is 34.3. The number of hydrogen-bond donors (Lipinski definition) is 1. The lowest BCUT2D eigenvalue weighted by atomic mass is 10.2. The maximum absolute atomic E-state index is 12.5. The minimum atomic E-state index is -3.15.